The van der Waals surface area contributed by atoms with Crippen LogP contribution in [0.15, 0.2) is 78.3 Å². The van der Waals surface area contributed by atoms with Crippen LogP contribution < -0.4 is 14.8 Å². The first kappa shape index (κ1) is 21.5. The number of carbonyl (C=O) groups excluding carboxylic acids is 2. The minimum absolute atomic E-state index is 0.148. The Morgan fingerprint density at radius 2 is 1.94 bits per heavy atom. The first-order valence-electron chi connectivity index (χ1n) is 10.4. The quantitative estimate of drug-likeness (QED) is 0.313. The fourth-order valence-electron chi connectivity index (χ4n) is 3.34. The molecule has 0 radical (unpaired) electrons. The average Bonchev–Trinajstić information content (AvgIpc) is 3.62. The fourth-order valence-corrected chi connectivity index (χ4v) is 4.07. The molecular formula is C25H19N3O5S. The molecule has 1 amide bonds. The van der Waals surface area contributed by atoms with Crippen LogP contribution in [0.3, 0.4) is 0 Å². The van der Waals surface area contributed by atoms with Crippen LogP contribution in [0.1, 0.15) is 5.56 Å². The summed E-state index contributed by atoms with van der Waals surface area (Å²) in [6, 6.07) is 18.7. The number of anilines is 1. The molecule has 8 nitrogen and oxygen atoms in total. The normalized spacial score (nSPS) is 12.1. The Labute approximate surface area is 199 Å². The zero-order valence-electron chi connectivity index (χ0n) is 17.8. The highest BCUT2D eigenvalue weighted by Crippen LogP contribution is 2.34. The van der Waals surface area contributed by atoms with E-state index in [1.165, 1.54) is 6.08 Å². The van der Waals surface area contributed by atoms with Crippen molar-refractivity contribution in [3.05, 3.63) is 83.9 Å². The molecule has 4 aromatic rings. The molecule has 34 heavy (non-hydrogen) atoms. The third-order valence-corrected chi connectivity index (χ3v) is 5.80. The molecule has 0 spiro atoms. The summed E-state index contributed by atoms with van der Waals surface area (Å²) in [6.45, 7) is -0.270. The first-order chi connectivity index (χ1) is 16.7. The van der Waals surface area contributed by atoms with Crippen molar-refractivity contribution < 1.29 is 23.8 Å². The van der Waals surface area contributed by atoms with E-state index in [4.69, 9.17) is 14.2 Å². The molecule has 0 saturated carbocycles. The van der Waals surface area contributed by atoms with Gasteiger partial charge >= 0.3 is 5.97 Å². The van der Waals surface area contributed by atoms with E-state index in [1.807, 2.05) is 54.0 Å². The van der Waals surface area contributed by atoms with Gasteiger partial charge in [0.15, 0.2) is 18.1 Å². The van der Waals surface area contributed by atoms with Crippen LogP contribution in [0.5, 0.6) is 11.5 Å². The zero-order chi connectivity index (χ0) is 23.3. The maximum Gasteiger partial charge on any atom is 0.331 e. The van der Waals surface area contributed by atoms with Crippen LogP contribution in [-0.4, -0.2) is 35.1 Å². The Morgan fingerprint density at radius 3 is 2.76 bits per heavy atom. The van der Waals surface area contributed by atoms with E-state index in [9.17, 15) is 9.59 Å². The van der Waals surface area contributed by atoms with Gasteiger partial charge in [0, 0.05) is 29.6 Å². The Hall–Kier alpha value is -4.37. The molecule has 0 fully saturated rings. The van der Waals surface area contributed by atoms with E-state index in [1.54, 1.807) is 40.3 Å². The standard InChI is InChI=1S/C25H19N3O5S/c29-23(26-18-9-10-20-21(13-18)33-16-32-20)15-31-24(30)11-8-17-14-28(19-5-2-1-3-6-19)27-25(17)22-7-4-12-34-22/h1-14H,15-16H2,(H,26,29)/b11-8+. The van der Waals surface area contributed by atoms with Gasteiger partial charge in [0.2, 0.25) is 6.79 Å². The van der Waals surface area contributed by atoms with Gasteiger partial charge < -0.3 is 19.5 Å². The van der Waals surface area contributed by atoms with Gasteiger partial charge in [-0.15, -0.1) is 11.3 Å². The van der Waals surface area contributed by atoms with Gasteiger partial charge in [-0.05, 0) is 41.8 Å². The summed E-state index contributed by atoms with van der Waals surface area (Å²) < 4.78 is 17.4. The molecule has 1 aliphatic heterocycles. The Kier molecular flexibility index (Phi) is 6.09. The van der Waals surface area contributed by atoms with Crippen LogP contribution in [0.2, 0.25) is 0 Å². The van der Waals surface area contributed by atoms with E-state index in [0.717, 1.165) is 21.8 Å². The number of rotatable bonds is 7. The lowest BCUT2D eigenvalue weighted by atomic mass is 10.2. The Balaban J connectivity index is 1.23. The summed E-state index contributed by atoms with van der Waals surface area (Å²) in [5.41, 5.74) is 2.94. The highest BCUT2D eigenvalue weighted by Gasteiger charge is 2.15. The molecule has 2 aromatic carbocycles. The molecular weight excluding hydrogens is 454 g/mol. The van der Waals surface area contributed by atoms with Crippen molar-refractivity contribution in [1.82, 2.24) is 9.78 Å². The predicted molar refractivity (Wildman–Crippen MR) is 128 cm³/mol. The van der Waals surface area contributed by atoms with Crippen molar-refractivity contribution in [3.8, 4) is 27.8 Å². The van der Waals surface area contributed by atoms with E-state index in [2.05, 4.69) is 10.4 Å². The minimum atomic E-state index is -0.634. The molecule has 0 unspecified atom stereocenters. The number of aromatic nitrogens is 2. The van der Waals surface area contributed by atoms with E-state index >= 15 is 0 Å². The van der Waals surface area contributed by atoms with Gasteiger partial charge in [0.05, 0.1) is 10.6 Å². The van der Waals surface area contributed by atoms with Crippen molar-refractivity contribution in [1.29, 1.82) is 0 Å². The molecule has 3 heterocycles. The Morgan fingerprint density at radius 1 is 1.09 bits per heavy atom. The number of nitrogens with one attached hydrogen (secondary N) is 1. The van der Waals surface area contributed by atoms with Gasteiger partial charge in [-0.25, -0.2) is 9.48 Å². The number of benzene rings is 2. The molecule has 0 bridgehead atoms. The summed E-state index contributed by atoms with van der Waals surface area (Å²) >= 11 is 1.56. The number of hydrogen-bond donors (Lipinski definition) is 1. The number of carbonyl (C=O) groups is 2. The maximum atomic E-state index is 12.3. The molecule has 170 valence electrons. The van der Waals surface area contributed by atoms with Crippen molar-refractivity contribution in [2.75, 3.05) is 18.7 Å². The van der Waals surface area contributed by atoms with Crippen molar-refractivity contribution in [2.24, 2.45) is 0 Å². The third kappa shape index (κ3) is 4.84. The number of para-hydroxylation sites is 1. The van der Waals surface area contributed by atoms with Crippen molar-refractivity contribution >= 4 is 35.0 Å². The number of hydrogen-bond acceptors (Lipinski definition) is 7. The predicted octanol–water partition coefficient (Wildman–Crippen LogP) is 4.52. The topological polar surface area (TPSA) is 91.7 Å². The monoisotopic (exact) mass is 473 g/mol. The molecule has 0 atom stereocenters. The molecule has 5 rings (SSSR count). The zero-order valence-corrected chi connectivity index (χ0v) is 18.7. The second-order valence-electron chi connectivity index (χ2n) is 7.25. The third-order valence-electron chi connectivity index (χ3n) is 4.92. The summed E-state index contributed by atoms with van der Waals surface area (Å²) in [6.07, 6.45) is 4.78. The van der Waals surface area contributed by atoms with E-state index in [-0.39, 0.29) is 6.79 Å². The molecule has 1 aliphatic rings. The van der Waals surface area contributed by atoms with Crippen LogP contribution in [0.25, 0.3) is 22.3 Å². The lowest BCUT2D eigenvalue weighted by Crippen LogP contribution is -2.20. The fraction of sp³-hybridized carbons (Fsp3) is 0.0800. The average molecular weight is 474 g/mol. The summed E-state index contributed by atoms with van der Waals surface area (Å²) in [5, 5.41) is 9.32. The van der Waals surface area contributed by atoms with Crippen molar-refractivity contribution in [2.45, 2.75) is 0 Å². The number of amides is 1. The number of ether oxygens (including phenoxy) is 3. The Bertz CT molecular complexity index is 1350. The summed E-state index contributed by atoms with van der Waals surface area (Å²) in [4.78, 5) is 25.4. The summed E-state index contributed by atoms with van der Waals surface area (Å²) in [5.74, 6) is 0.0737. The highest BCUT2D eigenvalue weighted by molar-refractivity contribution is 7.13. The largest absolute Gasteiger partial charge is 0.454 e. The number of esters is 1. The minimum Gasteiger partial charge on any atom is -0.454 e. The number of thiophene rings is 1. The van der Waals surface area contributed by atoms with Crippen LogP contribution in [0, 0.1) is 0 Å². The molecule has 0 aliphatic carbocycles. The maximum absolute atomic E-state index is 12.3. The second-order valence-corrected chi connectivity index (χ2v) is 8.20. The lowest BCUT2D eigenvalue weighted by molar-refractivity contribution is -0.142. The smallest absolute Gasteiger partial charge is 0.331 e. The summed E-state index contributed by atoms with van der Waals surface area (Å²) in [7, 11) is 0. The number of fused-ring (bicyclic) bond motifs is 1. The molecule has 9 heteroatoms. The van der Waals surface area contributed by atoms with Gasteiger partial charge in [0.1, 0.15) is 5.69 Å². The second kappa shape index (κ2) is 9.63. The molecule has 0 saturated heterocycles. The highest BCUT2D eigenvalue weighted by atomic mass is 32.1. The van der Waals surface area contributed by atoms with Crippen LogP contribution in [0.4, 0.5) is 5.69 Å². The van der Waals surface area contributed by atoms with E-state index in [0.29, 0.717) is 17.2 Å². The van der Waals surface area contributed by atoms with Crippen LogP contribution in [-0.2, 0) is 14.3 Å². The van der Waals surface area contributed by atoms with Gasteiger partial charge in [-0.1, -0.05) is 24.3 Å². The SMILES string of the molecule is O=C(COC(=O)/C=C/c1cn(-c2ccccc2)nc1-c1cccs1)Nc1ccc2c(c1)OCO2. The van der Waals surface area contributed by atoms with Crippen molar-refractivity contribution in [3.63, 3.8) is 0 Å². The molecule has 1 N–H and O–H groups in total. The van der Waals surface area contributed by atoms with Gasteiger partial charge in [-0.3, -0.25) is 4.79 Å². The molecule has 2 aromatic heterocycles. The lowest BCUT2D eigenvalue weighted by Gasteiger charge is -2.06. The van der Waals surface area contributed by atoms with Crippen LogP contribution >= 0.6 is 11.3 Å². The first-order valence-corrected chi connectivity index (χ1v) is 11.3. The van der Waals surface area contributed by atoms with E-state index < -0.39 is 18.5 Å². The number of nitrogens with zero attached hydrogens (tertiary/aromatic N) is 2. The van der Waals surface area contributed by atoms with Gasteiger partial charge in [0.25, 0.3) is 5.91 Å². The van der Waals surface area contributed by atoms with Gasteiger partial charge in [-0.2, -0.15) is 5.10 Å².